The number of nitrogens with zero attached hydrogens (tertiary/aromatic N) is 2. The number of carbonyl (C=O) groups is 1. The van der Waals surface area contributed by atoms with E-state index in [0.717, 1.165) is 6.54 Å². The van der Waals surface area contributed by atoms with Gasteiger partial charge in [-0.3, -0.25) is 9.78 Å². The van der Waals surface area contributed by atoms with Crippen LogP contribution < -0.4 is 5.32 Å². The van der Waals surface area contributed by atoms with Gasteiger partial charge in [-0.15, -0.1) is 0 Å². The molecule has 0 aliphatic carbocycles. The number of rotatable bonds is 1. The Kier molecular flexibility index (Phi) is 3.05. The highest BCUT2D eigenvalue weighted by Gasteiger charge is 2.23. The zero-order valence-corrected chi connectivity index (χ0v) is 9.18. The molecule has 1 aromatic rings. The van der Waals surface area contributed by atoms with Crippen LogP contribution in [-0.2, 0) is 0 Å². The Balaban J connectivity index is 2.16. The second-order valence-electron chi connectivity index (χ2n) is 4.00. The van der Waals surface area contributed by atoms with Gasteiger partial charge in [0.15, 0.2) is 0 Å². The standard InChI is InChI=1S/C11H15N3O2/c1-8-7-14(5-4-13-8)11(16)9-2-3-12-6-10(9)15/h2-3,6,8,13,15H,4-5,7H2,1H3. The maximum Gasteiger partial charge on any atom is 0.257 e. The zero-order chi connectivity index (χ0) is 11.5. The van der Waals surface area contributed by atoms with Gasteiger partial charge < -0.3 is 15.3 Å². The Bertz CT molecular complexity index is 395. The second-order valence-corrected chi connectivity index (χ2v) is 4.00. The molecule has 5 nitrogen and oxygen atoms in total. The summed E-state index contributed by atoms with van der Waals surface area (Å²) in [6, 6.07) is 1.84. The molecule has 5 heteroatoms. The van der Waals surface area contributed by atoms with E-state index in [1.54, 1.807) is 11.0 Å². The molecule has 1 aliphatic heterocycles. The van der Waals surface area contributed by atoms with E-state index in [9.17, 15) is 9.90 Å². The molecule has 1 aromatic heterocycles. The molecule has 0 radical (unpaired) electrons. The molecule has 2 N–H and O–H groups in total. The van der Waals surface area contributed by atoms with Crippen LogP contribution in [-0.4, -0.2) is 46.6 Å². The molecule has 2 rings (SSSR count). The van der Waals surface area contributed by atoms with E-state index in [0.29, 0.717) is 24.7 Å². The summed E-state index contributed by atoms with van der Waals surface area (Å²) in [5, 5.41) is 12.8. The fourth-order valence-electron chi connectivity index (χ4n) is 1.85. The highest BCUT2D eigenvalue weighted by Crippen LogP contribution is 2.17. The summed E-state index contributed by atoms with van der Waals surface area (Å²) in [6.07, 6.45) is 2.80. The van der Waals surface area contributed by atoms with Gasteiger partial charge in [0, 0.05) is 31.9 Å². The smallest absolute Gasteiger partial charge is 0.257 e. The lowest BCUT2D eigenvalue weighted by molar-refractivity contribution is 0.0706. The Morgan fingerprint density at radius 2 is 2.50 bits per heavy atom. The predicted molar refractivity (Wildman–Crippen MR) is 59.3 cm³/mol. The van der Waals surface area contributed by atoms with Crippen molar-refractivity contribution in [3.05, 3.63) is 24.0 Å². The number of hydrogen-bond donors (Lipinski definition) is 2. The SMILES string of the molecule is CC1CN(C(=O)c2ccncc2O)CCN1. The van der Waals surface area contributed by atoms with Crippen LogP contribution in [0.15, 0.2) is 18.5 Å². The maximum atomic E-state index is 12.1. The first kappa shape index (κ1) is 10.9. The minimum atomic E-state index is -0.131. The Labute approximate surface area is 94.1 Å². The van der Waals surface area contributed by atoms with Gasteiger partial charge in [0.1, 0.15) is 5.75 Å². The lowest BCUT2D eigenvalue weighted by atomic mass is 10.1. The van der Waals surface area contributed by atoms with Crippen molar-refractivity contribution in [2.24, 2.45) is 0 Å². The molecule has 1 unspecified atom stereocenters. The van der Waals surface area contributed by atoms with E-state index in [-0.39, 0.29) is 11.7 Å². The number of pyridine rings is 1. The number of carbonyl (C=O) groups excluding carboxylic acids is 1. The van der Waals surface area contributed by atoms with Crippen molar-refractivity contribution in [3.63, 3.8) is 0 Å². The quantitative estimate of drug-likeness (QED) is 0.712. The largest absolute Gasteiger partial charge is 0.505 e. The monoisotopic (exact) mass is 221 g/mol. The molecule has 1 saturated heterocycles. The van der Waals surface area contributed by atoms with Crippen molar-refractivity contribution < 1.29 is 9.90 Å². The van der Waals surface area contributed by atoms with Gasteiger partial charge in [-0.25, -0.2) is 0 Å². The van der Waals surface area contributed by atoms with E-state index in [4.69, 9.17) is 0 Å². The average molecular weight is 221 g/mol. The molecular weight excluding hydrogens is 206 g/mol. The van der Waals surface area contributed by atoms with Crippen molar-refractivity contribution in [1.29, 1.82) is 0 Å². The first-order valence-corrected chi connectivity index (χ1v) is 5.34. The third-order valence-corrected chi connectivity index (χ3v) is 2.69. The van der Waals surface area contributed by atoms with Crippen LogP contribution >= 0.6 is 0 Å². The Morgan fingerprint density at radius 1 is 1.69 bits per heavy atom. The molecule has 86 valence electrons. The number of piperazine rings is 1. The highest BCUT2D eigenvalue weighted by atomic mass is 16.3. The summed E-state index contributed by atoms with van der Waals surface area (Å²) in [5.74, 6) is -0.188. The van der Waals surface area contributed by atoms with E-state index in [2.05, 4.69) is 10.3 Å². The van der Waals surface area contributed by atoms with Crippen LogP contribution in [0.1, 0.15) is 17.3 Å². The molecule has 0 aromatic carbocycles. The lowest BCUT2D eigenvalue weighted by Crippen LogP contribution is -2.51. The van der Waals surface area contributed by atoms with Gasteiger partial charge >= 0.3 is 0 Å². The molecule has 0 bridgehead atoms. The normalized spacial score (nSPS) is 20.8. The lowest BCUT2D eigenvalue weighted by Gasteiger charge is -2.32. The zero-order valence-electron chi connectivity index (χ0n) is 9.18. The van der Waals surface area contributed by atoms with E-state index in [1.165, 1.54) is 12.4 Å². The number of aromatic hydroxyl groups is 1. The van der Waals surface area contributed by atoms with Crippen LogP contribution in [0.4, 0.5) is 0 Å². The van der Waals surface area contributed by atoms with Gasteiger partial charge in [0.05, 0.1) is 11.8 Å². The fraction of sp³-hybridized carbons (Fsp3) is 0.455. The molecule has 16 heavy (non-hydrogen) atoms. The first-order chi connectivity index (χ1) is 7.68. The van der Waals surface area contributed by atoms with Gasteiger partial charge in [-0.2, -0.15) is 0 Å². The van der Waals surface area contributed by atoms with Crippen molar-refractivity contribution in [3.8, 4) is 5.75 Å². The Morgan fingerprint density at radius 3 is 3.19 bits per heavy atom. The topological polar surface area (TPSA) is 65.5 Å². The molecule has 0 spiro atoms. The van der Waals surface area contributed by atoms with E-state index in [1.807, 2.05) is 6.92 Å². The van der Waals surface area contributed by atoms with Gasteiger partial charge in [-0.05, 0) is 13.0 Å². The van der Waals surface area contributed by atoms with Gasteiger partial charge in [0.2, 0.25) is 0 Å². The summed E-state index contributed by atoms with van der Waals surface area (Å²) in [4.78, 5) is 17.6. The number of amides is 1. The second kappa shape index (κ2) is 4.49. The molecule has 1 amide bonds. The maximum absolute atomic E-state index is 12.1. The molecule has 2 heterocycles. The van der Waals surface area contributed by atoms with Crippen molar-refractivity contribution in [2.75, 3.05) is 19.6 Å². The van der Waals surface area contributed by atoms with Crippen LogP contribution in [0, 0.1) is 0 Å². The molecular formula is C11H15N3O2. The number of hydrogen-bond acceptors (Lipinski definition) is 4. The van der Waals surface area contributed by atoms with Gasteiger partial charge in [0.25, 0.3) is 5.91 Å². The minimum absolute atomic E-state index is 0.0568. The number of aromatic nitrogens is 1. The summed E-state index contributed by atoms with van der Waals surface area (Å²) in [7, 11) is 0. The summed E-state index contributed by atoms with van der Waals surface area (Å²) < 4.78 is 0. The predicted octanol–water partition coefficient (Wildman–Crippen LogP) is 0.221. The van der Waals surface area contributed by atoms with Crippen LogP contribution in [0.25, 0.3) is 0 Å². The van der Waals surface area contributed by atoms with Crippen LogP contribution in [0.5, 0.6) is 5.75 Å². The third kappa shape index (κ3) is 2.14. The Hall–Kier alpha value is -1.62. The van der Waals surface area contributed by atoms with Gasteiger partial charge in [-0.1, -0.05) is 0 Å². The molecule has 1 fully saturated rings. The summed E-state index contributed by atoms with van der Waals surface area (Å²) in [5.41, 5.74) is 0.323. The third-order valence-electron chi connectivity index (χ3n) is 2.69. The fourth-order valence-corrected chi connectivity index (χ4v) is 1.85. The van der Waals surface area contributed by atoms with Crippen molar-refractivity contribution >= 4 is 5.91 Å². The van der Waals surface area contributed by atoms with E-state index >= 15 is 0 Å². The van der Waals surface area contributed by atoms with Crippen LogP contribution in [0.2, 0.25) is 0 Å². The van der Waals surface area contributed by atoms with Crippen molar-refractivity contribution in [1.82, 2.24) is 15.2 Å². The average Bonchev–Trinajstić information content (AvgIpc) is 2.29. The van der Waals surface area contributed by atoms with Crippen molar-refractivity contribution in [2.45, 2.75) is 13.0 Å². The minimum Gasteiger partial charge on any atom is -0.505 e. The summed E-state index contributed by atoms with van der Waals surface area (Å²) >= 11 is 0. The van der Waals surface area contributed by atoms with Crippen LogP contribution in [0.3, 0.4) is 0 Å². The molecule has 1 aliphatic rings. The highest BCUT2D eigenvalue weighted by molar-refractivity contribution is 5.96. The molecule has 0 saturated carbocycles. The van der Waals surface area contributed by atoms with E-state index < -0.39 is 0 Å². The first-order valence-electron chi connectivity index (χ1n) is 5.34. The summed E-state index contributed by atoms with van der Waals surface area (Å²) in [6.45, 7) is 4.16. The number of nitrogens with one attached hydrogen (secondary N) is 1. The molecule has 1 atom stereocenters.